The van der Waals surface area contributed by atoms with Gasteiger partial charge in [-0.3, -0.25) is 4.18 Å². The van der Waals surface area contributed by atoms with Crippen molar-refractivity contribution >= 4 is 10.1 Å². The Morgan fingerprint density at radius 3 is 1.58 bits per heavy atom. The van der Waals surface area contributed by atoms with E-state index in [1.807, 2.05) is 0 Å². The normalized spacial score (nSPS) is 14.4. The summed E-state index contributed by atoms with van der Waals surface area (Å²) in [7, 11) is -4.68. The summed E-state index contributed by atoms with van der Waals surface area (Å²) in [6.45, 7) is -0.530. The van der Waals surface area contributed by atoms with Crippen LogP contribution in [-0.4, -0.2) is 32.4 Å². The number of hydrogen-bond donors (Lipinski definition) is 0. The molecule has 33 heavy (non-hydrogen) atoms. The van der Waals surface area contributed by atoms with E-state index in [9.17, 15) is 56.7 Å². The van der Waals surface area contributed by atoms with Crippen LogP contribution in [0, 0.1) is 0 Å². The Hall–Kier alpha value is -2.42. The monoisotopic (exact) mass is 516 g/mol. The first-order valence-electron chi connectivity index (χ1n) is 8.41. The number of hydrogen-bond acceptors (Lipinski definition) is 3. The second kappa shape index (κ2) is 8.42. The van der Waals surface area contributed by atoms with Crippen molar-refractivity contribution in [3.8, 4) is 0 Å². The van der Waals surface area contributed by atoms with Gasteiger partial charge in [-0.1, -0.05) is 42.5 Å². The van der Waals surface area contributed by atoms with Crippen LogP contribution in [0.15, 0.2) is 59.5 Å². The van der Waals surface area contributed by atoms with Gasteiger partial charge >= 0.3 is 29.9 Å². The topological polar surface area (TPSA) is 43.4 Å². The van der Waals surface area contributed by atoms with Gasteiger partial charge in [-0.2, -0.15) is 56.7 Å². The van der Waals surface area contributed by atoms with Crippen molar-refractivity contribution < 1.29 is 60.9 Å². The minimum Gasteiger partial charge on any atom is -0.262 e. The molecule has 0 radical (unpaired) electrons. The van der Waals surface area contributed by atoms with Gasteiger partial charge in [0.25, 0.3) is 10.1 Å². The molecule has 0 aliphatic carbocycles. The van der Waals surface area contributed by atoms with Crippen LogP contribution in [-0.2, 0) is 26.8 Å². The molecule has 0 aliphatic rings. The second-order valence-corrected chi connectivity index (χ2v) is 8.14. The third-order valence-electron chi connectivity index (χ3n) is 4.27. The summed E-state index contributed by atoms with van der Waals surface area (Å²) in [4.78, 5) is -0.909. The van der Waals surface area contributed by atoms with Gasteiger partial charge in [0.05, 0.1) is 11.5 Å². The number of alkyl halides is 11. The van der Waals surface area contributed by atoms with Crippen molar-refractivity contribution in [1.82, 2.24) is 0 Å². The lowest BCUT2D eigenvalue weighted by Gasteiger charge is -2.37. The van der Waals surface area contributed by atoms with Gasteiger partial charge in [0.1, 0.15) is 0 Å². The molecule has 0 heterocycles. The summed E-state index contributed by atoms with van der Waals surface area (Å²) in [5, 5.41) is 0. The summed E-state index contributed by atoms with van der Waals surface area (Å²) in [5.41, 5.74) is -1.79. The highest BCUT2D eigenvalue weighted by molar-refractivity contribution is 7.86. The maximum atomic E-state index is 14.0. The average molecular weight is 516 g/mol. The molecule has 2 rings (SSSR count). The van der Waals surface area contributed by atoms with Gasteiger partial charge in [-0.15, -0.1) is 0 Å². The van der Waals surface area contributed by atoms with E-state index in [0.29, 0.717) is 5.56 Å². The lowest BCUT2D eigenvalue weighted by Crippen LogP contribution is -2.65. The summed E-state index contributed by atoms with van der Waals surface area (Å²) in [5.74, 6) is -28.6. The molecule has 0 atom stereocenters. The molecule has 0 bridgehead atoms. The van der Waals surface area contributed by atoms with E-state index in [4.69, 9.17) is 0 Å². The molecule has 0 aliphatic heterocycles. The van der Waals surface area contributed by atoms with Gasteiger partial charge < -0.3 is 0 Å². The van der Waals surface area contributed by atoms with Crippen LogP contribution in [0.3, 0.4) is 0 Å². The van der Waals surface area contributed by atoms with Crippen LogP contribution in [0.4, 0.5) is 48.3 Å². The van der Waals surface area contributed by atoms with Gasteiger partial charge in [0, 0.05) is 5.56 Å². The van der Waals surface area contributed by atoms with E-state index >= 15 is 0 Å². The first-order valence-corrected chi connectivity index (χ1v) is 9.82. The molecule has 0 unspecified atom stereocenters. The number of benzene rings is 2. The van der Waals surface area contributed by atoms with Crippen molar-refractivity contribution in [3.63, 3.8) is 0 Å². The largest absolute Gasteiger partial charge is 0.460 e. The van der Waals surface area contributed by atoms with E-state index in [0.717, 1.165) is 0 Å². The quantitative estimate of drug-likeness (QED) is 0.312. The van der Waals surface area contributed by atoms with Crippen molar-refractivity contribution in [2.75, 3.05) is 0 Å². The molecule has 0 amide bonds. The Balaban J connectivity index is 2.35. The predicted molar refractivity (Wildman–Crippen MR) is 89.6 cm³/mol. The summed E-state index contributed by atoms with van der Waals surface area (Å²) in [6, 6.07) is 7.69. The highest BCUT2D eigenvalue weighted by Gasteiger charge is 2.87. The van der Waals surface area contributed by atoms with Crippen molar-refractivity contribution in [1.29, 1.82) is 0 Å². The molecule has 0 aromatic heterocycles. The summed E-state index contributed by atoms with van der Waals surface area (Å²) in [6.07, 6.45) is -7.27. The Bertz CT molecular complexity index is 1060. The zero-order valence-electron chi connectivity index (χ0n) is 15.7. The predicted octanol–water partition coefficient (Wildman–Crippen LogP) is 6.15. The molecule has 3 nitrogen and oxygen atoms in total. The highest BCUT2D eigenvalue weighted by atomic mass is 32.2. The first-order chi connectivity index (χ1) is 14.8. The van der Waals surface area contributed by atoms with Crippen molar-refractivity contribution in [2.24, 2.45) is 0 Å². The van der Waals surface area contributed by atoms with Crippen molar-refractivity contribution in [2.45, 2.75) is 41.4 Å². The maximum Gasteiger partial charge on any atom is 0.460 e. The highest BCUT2D eigenvalue weighted by Crippen LogP contribution is 2.59. The standard InChI is InChI=1S/C18H11F11O3S/c19-14(20,15(21,22)16(23,24)17(25,26)18(27,28)29)12-6-8-13(9-7-12)33(30,31)32-10-11-4-2-1-3-5-11/h1-9H,10H2. The molecule has 0 fully saturated rings. The number of halogens is 11. The molecule has 0 saturated carbocycles. The third kappa shape index (κ3) is 4.65. The molecule has 184 valence electrons. The third-order valence-corrected chi connectivity index (χ3v) is 5.55. The zero-order chi connectivity index (χ0) is 25.5. The smallest absolute Gasteiger partial charge is 0.262 e. The molecule has 2 aromatic carbocycles. The molecular weight excluding hydrogens is 505 g/mol. The molecular formula is C18H11F11O3S. The fourth-order valence-corrected chi connectivity index (χ4v) is 3.27. The SMILES string of the molecule is O=S(=O)(OCc1ccccc1)c1ccc(C(F)(F)C(F)(F)C(F)(F)C(F)(F)C(F)(F)F)cc1. The molecule has 0 spiro atoms. The fraction of sp³-hybridized carbons (Fsp3) is 0.333. The van der Waals surface area contributed by atoms with Crippen LogP contribution in [0.5, 0.6) is 0 Å². The Morgan fingerprint density at radius 2 is 1.12 bits per heavy atom. The lowest BCUT2D eigenvalue weighted by molar-refractivity contribution is -0.424. The van der Waals surface area contributed by atoms with Crippen LogP contribution in [0.2, 0.25) is 0 Å². The Kier molecular flexibility index (Phi) is 6.84. The van der Waals surface area contributed by atoms with E-state index in [1.54, 1.807) is 6.07 Å². The summed E-state index contributed by atoms with van der Waals surface area (Å²) >= 11 is 0. The molecule has 2 aromatic rings. The van der Waals surface area contributed by atoms with E-state index < -0.39 is 57.1 Å². The average Bonchev–Trinajstić information content (AvgIpc) is 2.72. The minimum atomic E-state index is -7.56. The zero-order valence-corrected chi connectivity index (χ0v) is 16.5. The molecule has 0 N–H and O–H groups in total. The van der Waals surface area contributed by atoms with Crippen LogP contribution < -0.4 is 0 Å². The fourth-order valence-electron chi connectivity index (χ4n) is 2.37. The first kappa shape index (κ1) is 26.8. The van der Waals surface area contributed by atoms with Gasteiger partial charge in [0.15, 0.2) is 0 Å². The van der Waals surface area contributed by atoms with E-state index in [2.05, 4.69) is 4.18 Å². The molecule has 0 saturated heterocycles. The van der Waals surface area contributed by atoms with Crippen LogP contribution in [0.1, 0.15) is 11.1 Å². The van der Waals surface area contributed by atoms with Gasteiger partial charge in [-0.05, 0) is 17.7 Å². The minimum absolute atomic E-state index is 0.144. The second-order valence-electron chi connectivity index (χ2n) is 6.52. The van der Waals surface area contributed by atoms with Crippen LogP contribution in [0.25, 0.3) is 0 Å². The van der Waals surface area contributed by atoms with Crippen molar-refractivity contribution in [3.05, 3.63) is 65.7 Å². The Morgan fingerprint density at radius 1 is 0.636 bits per heavy atom. The maximum absolute atomic E-state index is 14.0. The Labute approximate surface area is 178 Å². The lowest BCUT2D eigenvalue weighted by atomic mass is 9.93. The van der Waals surface area contributed by atoms with E-state index in [-0.39, 0.29) is 24.3 Å². The van der Waals surface area contributed by atoms with Gasteiger partial charge in [0.2, 0.25) is 0 Å². The molecule has 15 heteroatoms. The van der Waals surface area contributed by atoms with E-state index in [1.165, 1.54) is 24.3 Å². The summed E-state index contributed by atoms with van der Waals surface area (Å²) < 4.78 is 173. The number of rotatable bonds is 8. The van der Waals surface area contributed by atoms with Gasteiger partial charge in [-0.25, -0.2) is 0 Å². The van der Waals surface area contributed by atoms with Crippen LogP contribution >= 0.6 is 0 Å².